The van der Waals surface area contributed by atoms with E-state index in [1.807, 2.05) is 6.92 Å². The topological polar surface area (TPSA) is 45.7 Å². The van der Waals surface area contributed by atoms with Crippen LogP contribution >= 0.6 is 24.0 Å². The molecule has 1 aromatic rings. The molecule has 1 aromatic carbocycles. The average molecular weight is 441 g/mol. The molecule has 2 N–H and O–H groups in total. The Morgan fingerprint density at radius 2 is 1.87 bits per heavy atom. The summed E-state index contributed by atoms with van der Waals surface area (Å²) >= 11 is 0. The first-order valence-corrected chi connectivity index (χ1v) is 7.51. The van der Waals surface area contributed by atoms with Gasteiger partial charge in [-0.15, -0.1) is 24.0 Å². The van der Waals surface area contributed by atoms with Crippen LogP contribution in [0, 0.1) is 5.92 Å². The number of alkyl halides is 2. The molecule has 0 bridgehead atoms. The van der Waals surface area contributed by atoms with Crippen LogP contribution in [0.1, 0.15) is 33.3 Å². The smallest absolute Gasteiger partial charge is 0.387 e. The zero-order valence-electron chi connectivity index (χ0n) is 14.0. The van der Waals surface area contributed by atoms with Crippen LogP contribution in [0.5, 0.6) is 5.75 Å². The van der Waals surface area contributed by atoms with Crippen LogP contribution in [0.4, 0.5) is 8.78 Å². The van der Waals surface area contributed by atoms with E-state index in [-0.39, 0.29) is 42.3 Å². The summed E-state index contributed by atoms with van der Waals surface area (Å²) in [7, 11) is 0. The minimum Gasteiger partial charge on any atom is -0.434 e. The van der Waals surface area contributed by atoms with Crippen LogP contribution in [-0.4, -0.2) is 25.2 Å². The van der Waals surface area contributed by atoms with Crippen molar-refractivity contribution in [2.75, 3.05) is 6.54 Å². The monoisotopic (exact) mass is 441 g/mol. The molecule has 0 radical (unpaired) electrons. The lowest BCUT2D eigenvalue weighted by atomic mass is 10.1. The Hall–Kier alpha value is -1.12. The standard InChI is InChI=1S/C16H25F2N3O.HI/c1-5-19-16(21-12(4)11(2)3)20-10-13-8-6-7-9-14(13)22-15(17)18;/h6-9,11-12,15H,5,10H2,1-4H3,(H2,19,20,21);1H. The summed E-state index contributed by atoms with van der Waals surface area (Å²) in [6, 6.07) is 6.95. The predicted octanol–water partition coefficient (Wildman–Crippen LogP) is 4.01. The minimum atomic E-state index is -2.84. The first kappa shape index (κ1) is 21.9. The lowest BCUT2D eigenvalue weighted by Gasteiger charge is -2.20. The van der Waals surface area contributed by atoms with Crippen molar-refractivity contribution in [2.24, 2.45) is 10.9 Å². The van der Waals surface area contributed by atoms with Crippen molar-refractivity contribution in [2.45, 2.75) is 46.9 Å². The maximum absolute atomic E-state index is 12.4. The van der Waals surface area contributed by atoms with E-state index in [2.05, 4.69) is 41.1 Å². The molecule has 0 heterocycles. The second kappa shape index (κ2) is 11.4. The number of halogens is 3. The zero-order chi connectivity index (χ0) is 16.5. The number of nitrogens with zero attached hydrogens (tertiary/aromatic N) is 1. The van der Waals surface area contributed by atoms with Gasteiger partial charge in [0.15, 0.2) is 5.96 Å². The summed E-state index contributed by atoms with van der Waals surface area (Å²) in [5, 5.41) is 6.45. The van der Waals surface area contributed by atoms with Crippen molar-refractivity contribution < 1.29 is 13.5 Å². The van der Waals surface area contributed by atoms with Crippen LogP contribution in [0.25, 0.3) is 0 Å². The second-order valence-electron chi connectivity index (χ2n) is 5.36. The van der Waals surface area contributed by atoms with E-state index in [0.29, 0.717) is 17.4 Å². The summed E-state index contributed by atoms with van der Waals surface area (Å²) in [4.78, 5) is 4.44. The summed E-state index contributed by atoms with van der Waals surface area (Å²) in [6.45, 7) is 6.45. The summed E-state index contributed by atoms with van der Waals surface area (Å²) in [6.07, 6.45) is 0. The molecule has 0 aromatic heterocycles. The maximum Gasteiger partial charge on any atom is 0.387 e. The number of hydrogen-bond donors (Lipinski definition) is 2. The Labute approximate surface area is 154 Å². The van der Waals surface area contributed by atoms with Crippen LogP contribution in [0.2, 0.25) is 0 Å². The van der Waals surface area contributed by atoms with Crippen molar-refractivity contribution in [3.05, 3.63) is 29.8 Å². The third-order valence-corrected chi connectivity index (χ3v) is 3.30. The Morgan fingerprint density at radius 3 is 2.43 bits per heavy atom. The van der Waals surface area contributed by atoms with Gasteiger partial charge in [-0.2, -0.15) is 8.78 Å². The first-order valence-electron chi connectivity index (χ1n) is 7.51. The molecule has 0 aliphatic carbocycles. The van der Waals surface area contributed by atoms with Crippen LogP contribution in [-0.2, 0) is 6.54 Å². The highest BCUT2D eigenvalue weighted by Crippen LogP contribution is 2.20. The number of guanidine groups is 1. The molecule has 23 heavy (non-hydrogen) atoms. The van der Waals surface area contributed by atoms with E-state index in [9.17, 15) is 8.78 Å². The zero-order valence-corrected chi connectivity index (χ0v) is 16.3. The lowest BCUT2D eigenvalue weighted by Crippen LogP contribution is -2.44. The largest absolute Gasteiger partial charge is 0.434 e. The van der Waals surface area contributed by atoms with E-state index in [1.54, 1.807) is 18.2 Å². The molecular weight excluding hydrogens is 415 g/mol. The highest BCUT2D eigenvalue weighted by molar-refractivity contribution is 14.0. The maximum atomic E-state index is 12.4. The number of para-hydroxylation sites is 1. The predicted molar refractivity (Wildman–Crippen MR) is 101 cm³/mol. The molecule has 132 valence electrons. The van der Waals surface area contributed by atoms with Gasteiger partial charge < -0.3 is 15.4 Å². The molecule has 0 saturated carbocycles. The summed E-state index contributed by atoms with van der Waals surface area (Å²) in [5.74, 6) is 1.28. The highest BCUT2D eigenvalue weighted by atomic mass is 127. The summed E-state index contributed by atoms with van der Waals surface area (Å²) < 4.78 is 29.3. The van der Waals surface area contributed by atoms with Crippen molar-refractivity contribution in [3.8, 4) is 5.75 Å². The van der Waals surface area contributed by atoms with Crippen molar-refractivity contribution >= 4 is 29.9 Å². The SMILES string of the molecule is CCNC(=NCc1ccccc1OC(F)F)NC(C)C(C)C.I. The molecule has 0 amide bonds. The fraction of sp³-hybridized carbons (Fsp3) is 0.562. The van der Waals surface area contributed by atoms with Crippen molar-refractivity contribution in [1.29, 1.82) is 0 Å². The van der Waals surface area contributed by atoms with Gasteiger partial charge in [0, 0.05) is 18.2 Å². The van der Waals surface area contributed by atoms with Gasteiger partial charge in [-0.3, -0.25) is 0 Å². The highest BCUT2D eigenvalue weighted by Gasteiger charge is 2.11. The van der Waals surface area contributed by atoms with Gasteiger partial charge in [0.2, 0.25) is 0 Å². The quantitative estimate of drug-likeness (QED) is 0.382. The molecule has 0 saturated heterocycles. The van der Waals surface area contributed by atoms with Crippen molar-refractivity contribution in [1.82, 2.24) is 10.6 Å². The molecule has 0 aliphatic heterocycles. The number of ether oxygens (including phenoxy) is 1. The number of hydrogen-bond acceptors (Lipinski definition) is 2. The number of benzene rings is 1. The van der Waals surface area contributed by atoms with Gasteiger partial charge >= 0.3 is 6.61 Å². The molecule has 0 aliphatic rings. The lowest BCUT2D eigenvalue weighted by molar-refractivity contribution is -0.0504. The Kier molecular flexibility index (Phi) is 10.9. The van der Waals surface area contributed by atoms with E-state index < -0.39 is 6.61 Å². The molecule has 1 atom stereocenters. The fourth-order valence-electron chi connectivity index (χ4n) is 1.71. The number of rotatable bonds is 7. The fourth-order valence-corrected chi connectivity index (χ4v) is 1.71. The van der Waals surface area contributed by atoms with E-state index in [0.717, 1.165) is 6.54 Å². The Morgan fingerprint density at radius 1 is 1.22 bits per heavy atom. The van der Waals surface area contributed by atoms with Gasteiger partial charge in [-0.1, -0.05) is 32.0 Å². The van der Waals surface area contributed by atoms with E-state index in [4.69, 9.17) is 0 Å². The van der Waals surface area contributed by atoms with Crippen molar-refractivity contribution in [3.63, 3.8) is 0 Å². The van der Waals surface area contributed by atoms with E-state index >= 15 is 0 Å². The molecule has 1 unspecified atom stereocenters. The molecule has 1 rings (SSSR count). The van der Waals surface area contributed by atoms with Crippen LogP contribution < -0.4 is 15.4 Å². The van der Waals surface area contributed by atoms with E-state index in [1.165, 1.54) is 6.07 Å². The third-order valence-electron chi connectivity index (χ3n) is 3.30. The first-order chi connectivity index (χ1) is 10.4. The third kappa shape index (κ3) is 8.34. The second-order valence-corrected chi connectivity index (χ2v) is 5.36. The van der Waals surface area contributed by atoms with Gasteiger partial charge in [0.1, 0.15) is 5.75 Å². The normalized spacial score (nSPS) is 12.8. The average Bonchev–Trinajstić information content (AvgIpc) is 2.45. The Bertz CT molecular complexity index is 484. The van der Waals surface area contributed by atoms with Gasteiger partial charge in [0.25, 0.3) is 0 Å². The summed E-state index contributed by atoms with van der Waals surface area (Å²) in [5.41, 5.74) is 0.622. The van der Waals surface area contributed by atoms with Crippen LogP contribution in [0.3, 0.4) is 0 Å². The molecule has 7 heteroatoms. The number of aliphatic imine (C=N–C) groups is 1. The molecule has 0 spiro atoms. The molecule has 0 fully saturated rings. The van der Waals surface area contributed by atoms with Gasteiger partial charge in [-0.05, 0) is 25.8 Å². The van der Waals surface area contributed by atoms with Crippen LogP contribution in [0.15, 0.2) is 29.3 Å². The number of nitrogens with one attached hydrogen (secondary N) is 2. The molecular formula is C16H26F2IN3O. The van der Waals surface area contributed by atoms with Gasteiger partial charge in [0.05, 0.1) is 6.54 Å². The Balaban J connectivity index is 0.00000484. The van der Waals surface area contributed by atoms with Gasteiger partial charge in [-0.25, -0.2) is 4.99 Å². The minimum absolute atomic E-state index is 0. The molecule has 4 nitrogen and oxygen atoms in total.